The van der Waals surface area contributed by atoms with Gasteiger partial charge in [0.25, 0.3) is 5.91 Å². The van der Waals surface area contributed by atoms with Crippen LogP contribution in [0.15, 0.2) is 36.5 Å². The van der Waals surface area contributed by atoms with Crippen molar-refractivity contribution in [1.29, 1.82) is 0 Å². The number of piperazine rings is 1. The van der Waals surface area contributed by atoms with Crippen molar-refractivity contribution in [1.82, 2.24) is 9.88 Å². The number of benzene rings is 1. The maximum absolute atomic E-state index is 14.3. The Labute approximate surface area is 166 Å². The van der Waals surface area contributed by atoms with Crippen molar-refractivity contribution in [3.8, 4) is 0 Å². The molecular formula is C19H18Cl2FN3O2. The van der Waals surface area contributed by atoms with Gasteiger partial charge in [-0.15, -0.1) is 0 Å². The van der Waals surface area contributed by atoms with Crippen LogP contribution in [-0.2, 0) is 16.1 Å². The lowest BCUT2D eigenvalue weighted by Crippen LogP contribution is -2.61. The molecule has 142 valence electrons. The van der Waals surface area contributed by atoms with E-state index in [1.165, 1.54) is 11.1 Å². The molecule has 0 N–H and O–H groups in total. The summed E-state index contributed by atoms with van der Waals surface area (Å²) in [6.45, 7) is 3.69. The Kier molecular flexibility index (Phi) is 5.67. The standard InChI is InChI=1S/C19H18Cl2FN3O2/c1-11(2)17-19(27)25(18-15(22)7-14(21)8-23-18)10-16(26)24(17)9-12-3-5-13(20)6-4-12/h3-8,11,17H,9-10H2,1-2H3/t17-/m1/s1. The van der Waals surface area contributed by atoms with Crippen molar-refractivity contribution in [2.45, 2.75) is 26.4 Å². The fourth-order valence-electron chi connectivity index (χ4n) is 3.16. The average Bonchev–Trinajstić information content (AvgIpc) is 2.60. The smallest absolute Gasteiger partial charge is 0.251 e. The number of carbonyl (C=O) groups is 2. The van der Waals surface area contributed by atoms with Crippen LogP contribution >= 0.6 is 23.2 Å². The summed E-state index contributed by atoms with van der Waals surface area (Å²) in [6.07, 6.45) is 1.25. The minimum atomic E-state index is -0.739. The first-order valence-electron chi connectivity index (χ1n) is 8.44. The highest BCUT2D eigenvalue weighted by molar-refractivity contribution is 6.30. The summed E-state index contributed by atoms with van der Waals surface area (Å²) >= 11 is 11.6. The summed E-state index contributed by atoms with van der Waals surface area (Å²) in [7, 11) is 0. The molecule has 1 fully saturated rings. The van der Waals surface area contributed by atoms with E-state index >= 15 is 0 Å². The molecule has 1 aliphatic rings. The average molecular weight is 410 g/mol. The molecule has 2 aromatic rings. The molecule has 1 aliphatic heterocycles. The zero-order chi connectivity index (χ0) is 19.7. The topological polar surface area (TPSA) is 53.5 Å². The Bertz CT molecular complexity index is 874. The fraction of sp³-hybridized carbons (Fsp3) is 0.316. The number of anilines is 1. The van der Waals surface area contributed by atoms with Crippen LogP contribution in [0.25, 0.3) is 0 Å². The third-order valence-electron chi connectivity index (χ3n) is 4.41. The molecule has 0 aliphatic carbocycles. The van der Waals surface area contributed by atoms with E-state index < -0.39 is 11.9 Å². The van der Waals surface area contributed by atoms with Crippen LogP contribution in [0.4, 0.5) is 10.2 Å². The van der Waals surface area contributed by atoms with Gasteiger partial charge in [-0.2, -0.15) is 0 Å². The maximum Gasteiger partial charge on any atom is 0.251 e. The summed E-state index contributed by atoms with van der Waals surface area (Å²) in [4.78, 5) is 32.4. The van der Waals surface area contributed by atoms with Gasteiger partial charge in [0.05, 0.1) is 5.02 Å². The first-order chi connectivity index (χ1) is 12.8. The molecule has 0 unspecified atom stereocenters. The Morgan fingerprint density at radius 3 is 2.44 bits per heavy atom. The highest BCUT2D eigenvalue weighted by Crippen LogP contribution is 2.28. The molecule has 2 heterocycles. The number of amides is 2. The number of rotatable bonds is 4. The highest BCUT2D eigenvalue weighted by Gasteiger charge is 2.42. The molecule has 27 heavy (non-hydrogen) atoms. The summed E-state index contributed by atoms with van der Waals surface area (Å²) in [5.41, 5.74) is 0.857. The van der Waals surface area contributed by atoms with Crippen molar-refractivity contribution < 1.29 is 14.0 Å². The third-order valence-corrected chi connectivity index (χ3v) is 4.87. The zero-order valence-corrected chi connectivity index (χ0v) is 16.3. The Balaban J connectivity index is 1.92. The van der Waals surface area contributed by atoms with Crippen molar-refractivity contribution >= 4 is 40.8 Å². The molecule has 0 radical (unpaired) electrons. The van der Waals surface area contributed by atoms with Gasteiger partial charge in [0.2, 0.25) is 5.91 Å². The van der Waals surface area contributed by atoms with Gasteiger partial charge in [-0.1, -0.05) is 49.2 Å². The van der Waals surface area contributed by atoms with Gasteiger partial charge in [-0.25, -0.2) is 9.37 Å². The van der Waals surface area contributed by atoms with Crippen LogP contribution in [0.1, 0.15) is 19.4 Å². The van der Waals surface area contributed by atoms with Gasteiger partial charge in [-0.3, -0.25) is 14.5 Å². The second-order valence-corrected chi connectivity index (χ2v) is 7.59. The second kappa shape index (κ2) is 7.82. The maximum atomic E-state index is 14.3. The lowest BCUT2D eigenvalue weighted by atomic mass is 9.97. The molecule has 3 rings (SSSR count). The second-order valence-electron chi connectivity index (χ2n) is 6.72. The quantitative estimate of drug-likeness (QED) is 0.768. The van der Waals surface area contributed by atoms with E-state index in [2.05, 4.69) is 4.98 Å². The van der Waals surface area contributed by atoms with E-state index in [0.29, 0.717) is 5.02 Å². The van der Waals surface area contributed by atoms with Gasteiger partial charge in [0.15, 0.2) is 11.6 Å². The first-order valence-corrected chi connectivity index (χ1v) is 9.20. The third kappa shape index (κ3) is 4.06. The molecule has 1 aromatic heterocycles. The molecule has 0 bridgehead atoms. The van der Waals surface area contributed by atoms with Crippen LogP contribution in [0.5, 0.6) is 0 Å². The van der Waals surface area contributed by atoms with E-state index in [4.69, 9.17) is 23.2 Å². The molecule has 1 saturated heterocycles. The first kappa shape index (κ1) is 19.6. The SMILES string of the molecule is CC(C)[C@@H]1C(=O)N(c2ncc(Cl)cc2F)CC(=O)N1Cc1ccc(Cl)cc1. The Morgan fingerprint density at radius 2 is 1.85 bits per heavy atom. The van der Waals surface area contributed by atoms with E-state index in [-0.39, 0.29) is 41.7 Å². The minimum Gasteiger partial charge on any atom is -0.325 e. The molecule has 1 aromatic carbocycles. The molecule has 5 nitrogen and oxygen atoms in total. The minimum absolute atomic E-state index is 0.122. The van der Waals surface area contributed by atoms with Crippen molar-refractivity contribution in [3.05, 3.63) is 58.0 Å². The number of pyridine rings is 1. The van der Waals surface area contributed by atoms with Gasteiger partial charge in [0.1, 0.15) is 12.6 Å². The van der Waals surface area contributed by atoms with E-state index in [9.17, 15) is 14.0 Å². The molecule has 0 spiro atoms. The van der Waals surface area contributed by atoms with Crippen LogP contribution in [0.3, 0.4) is 0 Å². The van der Waals surface area contributed by atoms with Gasteiger partial charge < -0.3 is 4.90 Å². The molecule has 8 heteroatoms. The fourth-order valence-corrected chi connectivity index (χ4v) is 3.43. The van der Waals surface area contributed by atoms with E-state index in [1.54, 1.807) is 12.1 Å². The van der Waals surface area contributed by atoms with Crippen molar-refractivity contribution in [2.24, 2.45) is 5.92 Å². The molecule has 1 atom stereocenters. The normalized spacial score (nSPS) is 17.8. The summed E-state index contributed by atoms with van der Waals surface area (Å²) in [6, 6.07) is 7.44. The largest absolute Gasteiger partial charge is 0.325 e. The number of aromatic nitrogens is 1. The zero-order valence-electron chi connectivity index (χ0n) is 14.8. The number of nitrogens with zero attached hydrogens (tertiary/aromatic N) is 3. The Hall–Kier alpha value is -2.18. The number of hydrogen-bond acceptors (Lipinski definition) is 3. The van der Waals surface area contributed by atoms with Crippen LogP contribution in [0, 0.1) is 11.7 Å². The number of carbonyl (C=O) groups excluding carboxylic acids is 2. The van der Waals surface area contributed by atoms with Gasteiger partial charge in [-0.05, 0) is 29.7 Å². The van der Waals surface area contributed by atoms with Gasteiger partial charge in [0, 0.05) is 17.8 Å². The molecule has 0 saturated carbocycles. The molecular weight excluding hydrogens is 392 g/mol. The van der Waals surface area contributed by atoms with Crippen molar-refractivity contribution in [2.75, 3.05) is 11.4 Å². The highest BCUT2D eigenvalue weighted by atomic mass is 35.5. The lowest BCUT2D eigenvalue weighted by Gasteiger charge is -2.41. The van der Waals surface area contributed by atoms with Crippen LogP contribution in [0.2, 0.25) is 10.0 Å². The molecule has 2 amide bonds. The van der Waals surface area contributed by atoms with E-state index in [0.717, 1.165) is 16.5 Å². The van der Waals surface area contributed by atoms with Crippen molar-refractivity contribution in [3.63, 3.8) is 0 Å². The monoisotopic (exact) mass is 409 g/mol. The summed E-state index contributed by atoms with van der Waals surface area (Å²) in [5, 5.41) is 0.715. The van der Waals surface area contributed by atoms with Crippen LogP contribution in [-0.4, -0.2) is 34.3 Å². The Morgan fingerprint density at radius 1 is 1.19 bits per heavy atom. The summed E-state index contributed by atoms with van der Waals surface area (Å²) in [5.74, 6) is -1.73. The number of hydrogen-bond donors (Lipinski definition) is 0. The number of halogens is 3. The lowest BCUT2D eigenvalue weighted by molar-refractivity contribution is -0.145. The van der Waals surface area contributed by atoms with Gasteiger partial charge >= 0.3 is 0 Å². The predicted octanol–water partition coefficient (Wildman–Crippen LogP) is 3.93. The van der Waals surface area contributed by atoms with Crippen LogP contribution < -0.4 is 4.90 Å². The van der Waals surface area contributed by atoms with E-state index in [1.807, 2.05) is 26.0 Å². The summed E-state index contributed by atoms with van der Waals surface area (Å²) < 4.78 is 14.3. The predicted molar refractivity (Wildman–Crippen MR) is 102 cm³/mol.